The third-order valence-corrected chi connectivity index (χ3v) is 8.36. The van der Waals surface area contributed by atoms with Crippen molar-refractivity contribution in [1.82, 2.24) is 14.5 Å². The predicted molar refractivity (Wildman–Crippen MR) is 177 cm³/mol. The summed E-state index contributed by atoms with van der Waals surface area (Å²) in [5.74, 6) is 1.21. The average Bonchev–Trinajstić information content (AvgIpc) is 3.78. The number of hydrogen-bond donors (Lipinski definition) is 0. The highest BCUT2D eigenvalue weighted by Gasteiger charge is 2.18. The van der Waals surface area contributed by atoms with Crippen molar-refractivity contribution in [3.8, 4) is 39.7 Å². The molecule has 0 aliphatic carbocycles. The van der Waals surface area contributed by atoms with Gasteiger partial charge in [0.15, 0.2) is 11.2 Å². The number of aryl methyl sites for hydroxylation is 1. The van der Waals surface area contributed by atoms with E-state index in [0.717, 1.165) is 60.8 Å². The molecule has 208 valence electrons. The van der Waals surface area contributed by atoms with Gasteiger partial charge in [-0.1, -0.05) is 66.2 Å². The Morgan fingerprint density at radius 3 is 1.43 bits per heavy atom. The maximum absolute atomic E-state index is 6.15. The Morgan fingerprint density at radius 1 is 0.477 bits per heavy atom. The Morgan fingerprint density at radius 2 is 0.932 bits per heavy atom. The fraction of sp³-hybridized carbons (Fsp3) is 0.0256. The predicted octanol–water partition coefficient (Wildman–Crippen LogP) is 10.4. The lowest BCUT2D eigenvalue weighted by Gasteiger charge is -2.10. The lowest BCUT2D eigenvalue weighted by Crippen LogP contribution is -1.94. The van der Waals surface area contributed by atoms with Crippen molar-refractivity contribution in [2.45, 2.75) is 6.92 Å². The van der Waals surface area contributed by atoms with Gasteiger partial charge in [0.25, 0.3) is 0 Å². The van der Waals surface area contributed by atoms with Crippen molar-refractivity contribution in [3.05, 3.63) is 139 Å². The second kappa shape index (κ2) is 9.54. The van der Waals surface area contributed by atoms with Crippen molar-refractivity contribution >= 4 is 44.0 Å². The van der Waals surface area contributed by atoms with Gasteiger partial charge in [-0.05, 0) is 90.8 Å². The van der Waals surface area contributed by atoms with Crippen LogP contribution in [0.15, 0.2) is 142 Å². The zero-order chi connectivity index (χ0) is 29.2. The first-order valence-electron chi connectivity index (χ1n) is 14.7. The molecule has 0 spiro atoms. The minimum Gasteiger partial charge on any atom is -0.436 e. The van der Waals surface area contributed by atoms with Crippen LogP contribution in [0.5, 0.6) is 0 Å². The zero-order valence-corrected chi connectivity index (χ0v) is 23.9. The average molecular weight is 568 g/mol. The first-order chi connectivity index (χ1) is 21.7. The molecule has 0 bridgehead atoms. The molecule has 0 aliphatic heterocycles. The first kappa shape index (κ1) is 24.6. The van der Waals surface area contributed by atoms with Crippen LogP contribution in [0.4, 0.5) is 0 Å². The maximum atomic E-state index is 6.15. The van der Waals surface area contributed by atoms with E-state index < -0.39 is 0 Å². The van der Waals surface area contributed by atoms with Crippen LogP contribution < -0.4 is 0 Å². The lowest BCUT2D eigenvalue weighted by molar-refractivity contribution is 0.619. The minimum atomic E-state index is 0.603. The van der Waals surface area contributed by atoms with E-state index in [2.05, 4.69) is 96.4 Å². The van der Waals surface area contributed by atoms with Gasteiger partial charge in [0, 0.05) is 27.6 Å². The van der Waals surface area contributed by atoms with E-state index in [0.29, 0.717) is 11.8 Å². The standard InChI is InChI=1S/C39H25N3O2/c1-24-10-12-25(13-11-24)26-14-18-29(19-15-26)42-34-20-16-27(38-40-32-6-2-4-8-36(32)43-38)22-30(34)31-23-28(17-21-35(31)42)39-41-33-7-3-5-9-37(33)44-39/h2-23H,1H3. The fourth-order valence-electron chi connectivity index (χ4n) is 6.11. The van der Waals surface area contributed by atoms with Crippen molar-refractivity contribution in [3.63, 3.8) is 0 Å². The van der Waals surface area contributed by atoms with Crippen LogP contribution in [0.3, 0.4) is 0 Å². The highest BCUT2D eigenvalue weighted by atomic mass is 16.4. The summed E-state index contributed by atoms with van der Waals surface area (Å²) in [4.78, 5) is 9.54. The third kappa shape index (κ3) is 3.94. The van der Waals surface area contributed by atoms with E-state index in [9.17, 15) is 0 Å². The first-order valence-corrected chi connectivity index (χ1v) is 14.7. The van der Waals surface area contributed by atoms with E-state index in [1.807, 2.05) is 48.5 Å². The monoisotopic (exact) mass is 567 g/mol. The number of fused-ring (bicyclic) bond motifs is 5. The van der Waals surface area contributed by atoms with Gasteiger partial charge in [0.05, 0.1) is 11.0 Å². The Kier molecular flexibility index (Phi) is 5.34. The van der Waals surface area contributed by atoms with Crippen LogP contribution >= 0.6 is 0 Å². The molecule has 0 unspecified atom stereocenters. The second-order valence-electron chi connectivity index (χ2n) is 11.2. The van der Waals surface area contributed by atoms with Crippen LogP contribution in [0.1, 0.15) is 5.56 Å². The molecule has 0 N–H and O–H groups in total. The normalized spacial score (nSPS) is 11.8. The van der Waals surface area contributed by atoms with Gasteiger partial charge in [0.1, 0.15) is 11.0 Å². The number of para-hydroxylation sites is 4. The molecule has 6 aromatic carbocycles. The smallest absolute Gasteiger partial charge is 0.227 e. The van der Waals surface area contributed by atoms with Crippen LogP contribution in [-0.2, 0) is 0 Å². The van der Waals surface area contributed by atoms with Gasteiger partial charge >= 0.3 is 0 Å². The summed E-state index contributed by atoms with van der Waals surface area (Å²) in [6.45, 7) is 2.11. The van der Waals surface area contributed by atoms with Crippen molar-refractivity contribution < 1.29 is 8.83 Å². The van der Waals surface area contributed by atoms with Crippen LogP contribution in [0.2, 0.25) is 0 Å². The summed E-state index contributed by atoms with van der Waals surface area (Å²) < 4.78 is 14.6. The molecule has 0 fully saturated rings. The molecular weight excluding hydrogens is 542 g/mol. The largest absolute Gasteiger partial charge is 0.436 e. The Bertz CT molecular complexity index is 2300. The van der Waals surface area contributed by atoms with Gasteiger partial charge in [-0.25, -0.2) is 9.97 Å². The maximum Gasteiger partial charge on any atom is 0.227 e. The molecule has 0 radical (unpaired) electrons. The van der Waals surface area contributed by atoms with Gasteiger partial charge in [0.2, 0.25) is 11.8 Å². The molecule has 5 heteroatoms. The summed E-state index contributed by atoms with van der Waals surface area (Å²) in [6, 6.07) is 46.0. The summed E-state index contributed by atoms with van der Waals surface area (Å²) in [5.41, 5.74) is 12.0. The van der Waals surface area contributed by atoms with Gasteiger partial charge < -0.3 is 13.4 Å². The molecule has 3 heterocycles. The fourth-order valence-corrected chi connectivity index (χ4v) is 6.11. The van der Waals surface area contributed by atoms with Crippen molar-refractivity contribution in [2.24, 2.45) is 0 Å². The Balaban J connectivity index is 1.24. The lowest BCUT2D eigenvalue weighted by atomic mass is 10.0. The molecule has 9 aromatic rings. The quantitative estimate of drug-likeness (QED) is 0.212. The number of aromatic nitrogens is 3. The molecule has 0 saturated carbocycles. The zero-order valence-electron chi connectivity index (χ0n) is 23.9. The minimum absolute atomic E-state index is 0.603. The number of oxazole rings is 2. The van der Waals surface area contributed by atoms with E-state index in [1.54, 1.807) is 0 Å². The molecule has 0 amide bonds. The number of benzene rings is 6. The van der Waals surface area contributed by atoms with Crippen LogP contribution in [-0.4, -0.2) is 14.5 Å². The molecule has 5 nitrogen and oxygen atoms in total. The second-order valence-corrected chi connectivity index (χ2v) is 11.2. The van der Waals surface area contributed by atoms with Gasteiger partial charge in [-0.2, -0.15) is 0 Å². The third-order valence-electron chi connectivity index (χ3n) is 8.36. The molecular formula is C39H25N3O2. The van der Waals surface area contributed by atoms with Crippen LogP contribution in [0.25, 0.3) is 83.7 Å². The molecule has 0 saturated heterocycles. The van der Waals surface area contributed by atoms with Gasteiger partial charge in [-0.15, -0.1) is 0 Å². The van der Waals surface area contributed by atoms with Gasteiger partial charge in [-0.3, -0.25) is 0 Å². The Labute approximate surface area is 252 Å². The van der Waals surface area contributed by atoms with E-state index in [-0.39, 0.29) is 0 Å². The van der Waals surface area contributed by atoms with E-state index in [4.69, 9.17) is 18.8 Å². The number of rotatable bonds is 4. The van der Waals surface area contributed by atoms with E-state index >= 15 is 0 Å². The van der Waals surface area contributed by atoms with Crippen LogP contribution in [0, 0.1) is 6.92 Å². The Hall–Kier alpha value is -5.94. The SMILES string of the molecule is Cc1ccc(-c2ccc(-n3c4ccc(-c5nc6ccccc6o5)cc4c4cc(-c5nc6ccccc6o5)ccc43)cc2)cc1. The van der Waals surface area contributed by atoms with Crippen molar-refractivity contribution in [2.75, 3.05) is 0 Å². The number of hydrogen-bond acceptors (Lipinski definition) is 4. The molecule has 0 aliphatic rings. The molecule has 9 rings (SSSR count). The summed E-state index contributed by atoms with van der Waals surface area (Å²) >= 11 is 0. The highest BCUT2D eigenvalue weighted by Crippen LogP contribution is 2.38. The van der Waals surface area contributed by atoms with E-state index in [1.165, 1.54) is 16.7 Å². The number of nitrogens with zero attached hydrogens (tertiary/aromatic N) is 3. The summed E-state index contributed by atoms with van der Waals surface area (Å²) in [7, 11) is 0. The van der Waals surface area contributed by atoms with Crippen molar-refractivity contribution in [1.29, 1.82) is 0 Å². The molecule has 0 atom stereocenters. The topological polar surface area (TPSA) is 57.0 Å². The summed E-state index contributed by atoms with van der Waals surface area (Å²) in [5, 5.41) is 2.20. The molecule has 3 aromatic heterocycles. The summed E-state index contributed by atoms with van der Waals surface area (Å²) in [6.07, 6.45) is 0. The highest BCUT2D eigenvalue weighted by molar-refractivity contribution is 6.11. The molecule has 44 heavy (non-hydrogen) atoms.